The summed E-state index contributed by atoms with van der Waals surface area (Å²) in [5, 5.41) is 4.31. The molecule has 1 aliphatic rings. The number of halogens is 1. The minimum Gasteiger partial charge on any atom is -0.489 e. The van der Waals surface area contributed by atoms with E-state index in [1.165, 1.54) is 12.8 Å². The first-order valence-corrected chi connectivity index (χ1v) is 7.23. The van der Waals surface area contributed by atoms with Crippen molar-refractivity contribution in [3.8, 4) is 5.75 Å². The molecular formula is C15H22ClNO. The van der Waals surface area contributed by atoms with Gasteiger partial charge in [0, 0.05) is 17.6 Å². The van der Waals surface area contributed by atoms with Gasteiger partial charge in [-0.15, -0.1) is 0 Å². The lowest BCUT2D eigenvalue weighted by Crippen LogP contribution is -2.32. The largest absolute Gasteiger partial charge is 0.489 e. The summed E-state index contributed by atoms with van der Waals surface area (Å²) in [5.41, 5.74) is 1.11. The van der Waals surface area contributed by atoms with Crippen LogP contribution in [0, 0.1) is 6.92 Å². The summed E-state index contributed by atoms with van der Waals surface area (Å²) in [6.07, 6.45) is 5.12. The summed E-state index contributed by atoms with van der Waals surface area (Å²) >= 11 is 5.96. The highest BCUT2D eigenvalue weighted by atomic mass is 35.5. The van der Waals surface area contributed by atoms with Crippen LogP contribution in [0.5, 0.6) is 5.75 Å². The molecule has 1 aromatic rings. The zero-order chi connectivity index (χ0) is 13.0. The molecule has 1 saturated carbocycles. The van der Waals surface area contributed by atoms with E-state index in [0.29, 0.717) is 0 Å². The van der Waals surface area contributed by atoms with Crippen LogP contribution in [0.25, 0.3) is 0 Å². The van der Waals surface area contributed by atoms with Crippen LogP contribution in [0.4, 0.5) is 0 Å². The molecule has 18 heavy (non-hydrogen) atoms. The Hall–Kier alpha value is -0.730. The molecule has 1 unspecified atom stereocenters. The van der Waals surface area contributed by atoms with Gasteiger partial charge in [-0.25, -0.2) is 0 Å². The normalized spacial score (nSPS) is 16.6. The average molecular weight is 268 g/mol. The molecule has 0 bridgehead atoms. The Morgan fingerprint density at radius 1 is 1.44 bits per heavy atom. The number of rotatable bonds is 7. The van der Waals surface area contributed by atoms with E-state index in [9.17, 15) is 0 Å². The van der Waals surface area contributed by atoms with Crippen LogP contribution in [0.2, 0.25) is 5.02 Å². The Bertz CT molecular complexity index is 390. The van der Waals surface area contributed by atoms with Crippen molar-refractivity contribution >= 4 is 11.6 Å². The van der Waals surface area contributed by atoms with Crippen LogP contribution >= 0.6 is 11.6 Å². The summed E-state index contributed by atoms with van der Waals surface area (Å²) in [6.45, 7) is 5.18. The summed E-state index contributed by atoms with van der Waals surface area (Å²) in [4.78, 5) is 0. The van der Waals surface area contributed by atoms with Crippen molar-refractivity contribution in [3.05, 3.63) is 28.8 Å². The second-order valence-corrected chi connectivity index (χ2v) is 5.56. The quantitative estimate of drug-likeness (QED) is 0.808. The SMILES string of the molecule is CCCC(CNC1CC1)Oc1ccc(Cl)cc1C. The van der Waals surface area contributed by atoms with Crippen LogP contribution in [0.15, 0.2) is 18.2 Å². The van der Waals surface area contributed by atoms with Crippen LogP contribution < -0.4 is 10.1 Å². The Morgan fingerprint density at radius 2 is 2.22 bits per heavy atom. The number of ether oxygens (including phenoxy) is 1. The second-order valence-electron chi connectivity index (χ2n) is 5.12. The van der Waals surface area contributed by atoms with E-state index in [0.717, 1.165) is 41.8 Å². The smallest absolute Gasteiger partial charge is 0.122 e. The topological polar surface area (TPSA) is 21.3 Å². The van der Waals surface area contributed by atoms with Crippen LogP contribution in [0.3, 0.4) is 0 Å². The van der Waals surface area contributed by atoms with E-state index < -0.39 is 0 Å². The predicted octanol–water partition coefficient (Wildman–Crippen LogP) is 3.95. The number of nitrogens with one attached hydrogen (secondary N) is 1. The Balaban J connectivity index is 1.92. The van der Waals surface area contributed by atoms with Crippen molar-refractivity contribution in [2.24, 2.45) is 0 Å². The fourth-order valence-electron chi connectivity index (χ4n) is 2.03. The first-order valence-electron chi connectivity index (χ1n) is 6.85. The molecule has 2 nitrogen and oxygen atoms in total. The molecule has 1 aromatic carbocycles. The highest BCUT2D eigenvalue weighted by molar-refractivity contribution is 6.30. The molecule has 0 saturated heterocycles. The monoisotopic (exact) mass is 267 g/mol. The van der Waals surface area contributed by atoms with Crippen molar-refractivity contribution in [1.29, 1.82) is 0 Å². The van der Waals surface area contributed by atoms with Gasteiger partial charge in [0.15, 0.2) is 0 Å². The summed E-state index contributed by atoms with van der Waals surface area (Å²) < 4.78 is 6.10. The zero-order valence-electron chi connectivity index (χ0n) is 11.2. The maximum absolute atomic E-state index is 6.10. The third kappa shape index (κ3) is 4.18. The van der Waals surface area contributed by atoms with E-state index in [2.05, 4.69) is 12.2 Å². The first kappa shape index (κ1) is 13.7. The van der Waals surface area contributed by atoms with Crippen LogP contribution in [-0.4, -0.2) is 18.7 Å². The van der Waals surface area contributed by atoms with Gasteiger partial charge in [-0.05, 0) is 49.9 Å². The standard InChI is InChI=1S/C15H22ClNO/c1-3-4-14(10-17-13-6-7-13)18-15-8-5-12(16)9-11(15)2/h5,8-9,13-14,17H,3-4,6-7,10H2,1-2H3. The predicted molar refractivity (Wildman–Crippen MR) is 76.5 cm³/mol. The number of hydrogen-bond donors (Lipinski definition) is 1. The van der Waals surface area contributed by atoms with Gasteiger partial charge in [-0.2, -0.15) is 0 Å². The van der Waals surface area contributed by atoms with Gasteiger partial charge in [0.2, 0.25) is 0 Å². The van der Waals surface area contributed by atoms with Gasteiger partial charge in [-0.3, -0.25) is 0 Å². The second kappa shape index (κ2) is 6.44. The Kier molecular flexibility index (Phi) is 4.90. The van der Waals surface area contributed by atoms with Gasteiger partial charge >= 0.3 is 0 Å². The molecule has 1 N–H and O–H groups in total. The molecule has 3 heteroatoms. The van der Waals surface area contributed by atoms with Gasteiger partial charge in [0.05, 0.1) is 0 Å². The minimum absolute atomic E-state index is 0.260. The maximum Gasteiger partial charge on any atom is 0.122 e. The Labute approximate surface area is 115 Å². The van der Waals surface area contributed by atoms with Gasteiger partial charge in [0.25, 0.3) is 0 Å². The lowest BCUT2D eigenvalue weighted by Gasteiger charge is -2.20. The molecule has 0 aromatic heterocycles. The molecule has 1 fully saturated rings. The van der Waals surface area contributed by atoms with Crippen LogP contribution in [-0.2, 0) is 0 Å². The molecule has 0 amide bonds. The third-order valence-corrected chi connectivity index (χ3v) is 3.49. The minimum atomic E-state index is 0.260. The molecular weight excluding hydrogens is 246 g/mol. The molecule has 0 heterocycles. The number of benzene rings is 1. The van der Waals surface area contributed by atoms with Crippen molar-refractivity contribution in [1.82, 2.24) is 5.32 Å². The van der Waals surface area contributed by atoms with E-state index in [-0.39, 0.29) is 6.10 Å². The Morgan fingerprint density at radius 3 is 2.83 bits per heavy atom. The maximum atomic E-state index is 6.10. The summed E-state index contributed by atoms with van der Waals surface area (Å²) in [5.74, 6) is 0.954. The zero-order valence-corrected chi connectivity index (χ0v) is 12.0. The highest BCUT2D eigenvalue weighted by Gasteiger charge is 2.22. The van der Waals surface area contributed by atoms with Crippen LogP contribution in [0.1, 0.15) is 38.2 Å². The van der Waals surface area contributed by atoms with Crippen molar-refractivity contribution in [3.63, 3.8) is 0 Å². The molecule has 1 atom stereocenters. The highest BCUT2D eigenvalue weighted by Crippen LogP contribution is 2.24. The molecule has 0 radical (unpaired) electrons. The molecule has 2 rings (SSSR count). The molecule has 0 aliphatic heterocycles. The number of aryl methyl sites for hydroxylation is 1. The van der Waals surface area contributed by atoms with Crippen molar-refractivity contribution < 1.29 is 4.74 Å². The number of hydrogen-bond acceptors (Lipinski definition) is 2. The van der Waals surface area contributed by atoms with Gasteiger partial charge in [0.1, 0.15) is 11.9 Å². The first-order chi connectivity index (χ1) is 8.69. The van der Waals surface area contributed by atoms with Gasteiger partial charge < -0.3 is 10.1 Å². The molecule has 1 aliphatic carbocycles. The molecule has 0 spiro atoms. The van der Waals surface area contributed by atoms with Crippen molar-refractivity contribution in [2.75, 3.05) is 6.54 Å². The van der Waals surface area contributed by atoms with E-state index in [1.807, 2.05) is 25.1 Å². The third-order valence-electron chi connectivity index (χ3n) is 3.25. The van der Waals surface area contributed by atoms with E-state index >= 15 is 0 Å². The average Bonchev–Trinajstić information content (AvgIpc) is 3.13. The van der Waals surface area contributed by atoms with Crippen molar-refractivity contribution in [2.45, 2.75) is 51.7 Å². The fraction of sp³-hybridized carbons (Fsp3) is 0.600. The summed E-state index contributed by atoms with van der Waals surface area (Å²) in [7, 11) is 0. The van der Waals surface area contributed by atoms with Gasteiger partial charge in [-0.1, -0.05) is 24.9 Å². The lowest BCUT2D eigenvalue weighted by atomic mass is 10.2. The summed E-state index contributed by atoms with van der Waals surface area (Å²) in [6, 6.07) is 6.55. The fourth-order valence-corrected chi connectivity index (χ4v) is 2.26. The van der Waals surface area contributed by atoms with E-state index in [1.54, 1.807) is 0 Å². The van der Waals surface area contributed by atoms with E-state index in [4.69, 9.17) is 16.3 Å². The molecule has 100 valence electrons. The lowest BCUT2D eigenvalue weighted by molar-refractivity contribution is 0.185.